The van der Waals surface area contributed by atoms with Crippen molar-refractivity contribution in [2.75, 3.05) is 0 Å². The van der Waals surface area contributed by atoms with Gasteiger partial charge in [-0.2, -0.15) is 0 Å². The number of hydrogen-bond donors (Lipinski definition) is 0. The SMILES string of the molecule is BrOBr.[BaH2].[BiH3].[Nb].[Ti]. The Balaban J connectivity index is -0.00000000333. The smallest absolute Gasteiger partial charge is 0 e. The Labute approximate surface area is 150 Å². The molecule has 0 aromatic carbocycles. The second kappa shape index (κ2) is 30.8. The molecule has 7 heteroatoms. The van der Waals surface area contributed by atoms with Crippen LogP contribution in [-0.4, -0.2) is 75.1 Å². The van der Waals surface area contributed by atoms with Gasteiger partial charge in [0.05, 0.1) is 0 Å². The quantitative estimate of drug-likeness (QED) is 0.318. The van der Waals surface area contributed by atoms with Crippen molar-refractivity contribution in [2.45, 2.75) is 0 Å². The summed E-state index contributed by atoms with van der Waals surface area (Å²) in [5, 5.41) is 0. The summed E-state index contributed by atoms with van der Waals surface area (Å²) < 4.78 is 3.88. The topological polar surface area (TPSA) is 9.23 Å². The maximum absolute atomic E-state index is 3.88. The van der Waals surface area contributed by atoms with E-state index in [0.29, 0.717) is 0 Å². The fourth-order valence-corrected chi connectivity index (χ4v) is 0. The van der Waals surface area contributed by atoms with E-state index in [1.54, 1.807) is 0 Å². The molecule has 0 aliphatic carbocycles. The van der Waals surface area contributed by atoms with Crippen LogP contribution in [0.3, 0.4) is 0 Å². The molecule has 0 aliphatic heterocycles. The Morgan fingerprint density at radius 3 is 1.14 bits per heavy atom. The Morgan fingerprint density at radius 2 is 1.14 bits per heavy atom. The van der Waals surface area contributed by atoms with Gasteiger partial charge in [-0.3, -0.25) is 0 Å². The fraction of sp³-hybridized carbons (Fsp3) is 0. The summed E-state index contributed by atoms with van der Waals surface area (Å²) in [5.74, 6) is 0. The summed E-state index contributed by atoms with van der Waals surface area (Å²) in [6.45, 7) is 0. The molecule has 0 N–H and O–H groups in total. The van der Waals surface area contributed by atoms with Gasteiger partial charge in [0.25, 0.3) is 0 Å². The van der Waals surface area contributed by atoms with Gasteiger partial charge in [-0.25, -0.2) is 2.92 Å². The molecular formula is H5BaBiBr2NbOTi. The Hall–Kier alpha value is 4.83. The molecule has 0 amide bonds. The summed E-state index contributed by atoms with van der Waals surface area (Å²) in [4.78, 5) is 0. The van der Waals surface area contributed by atoms with E-state index in [4.69, 9.17) is 0 Å². The first kappa shape index (κ1) is 29.7. The van der Waals surface area contributed by atoms with Crippen LogP contribution in [-0.2, 0) is 47.0 Å². The Kier molecular flexibility index (Phi) is 131. The maximum Gasteiger partial charge on any atom is 0 e. The number of hydrogen-bond acceptors (Lipinski definition) is 1. The summed E-state index contributed by atoms with van der Waals surface area (Å²) >= 11 is 5.12. The average Bonchev–Trinajstić information content (AvgIpc) is 0.918. The summed E-state index contributed by atoms with van der Waals surface area (Å²) in [5.41, 5.74) is 0. The largest absolute Gasteiger partial charge is 0 e. The van der Waals surface area contributed by atoms with Crippen molar-refractivity contribution in [1.82, 2.24) is 0 Å². The number of halogens is 2. The third-order valence-electron chi connectivity index (χ3n) is 0. The molecule has 1 nitrogen and oxygen atoms in total. The predicted octanol–water partition coefficient (Wildman–Crippen LogP) is -0.482. The Morgan fingerprint density at radius 1 is 1.14 bits per heavy atom. The fourth-order valence-electron chi connectivity index (χ4n) is 0. The Bertz CT molecular complexity index is 17.7. The van der Waals surface area contributed by atoms with Crippen LogP contribution >= 0.6 is 32.5 Å². The minimum absolute atomic E-state index is 0. The molecule has 0 aromatic heterocycles. The molecule has 0 spiro atoms. The van der Waals surface area contributed by atoms with Crippen molar-refractivity contribution >= 4 is 108 Å². The molecule has 0 saturated heterocycles. The molecule has 0 atom stereocenters. The van der Waals surface area contributed by atoms with Crippen molar-refractivity contribution in [3.8, 4) is 0 Å². The van der Waals surface area contributed by atoms with Gasteiger partial charge in [0.2, 0.25) is 0 Å². The molecular weight excluding hydrogens is 663 g/mol. The molecule has 1 radical (unpaired) electrons. The van der Waals surface area contributed by atoms with E-state index in [1.165, 1.54) is 0 Å². The van der Waals surface area contributed by atoms with Crippen LogP contribution in [0, 0.1) is 0 Å². The van der Waals surface area contributed by atoms with Crippen LogP contribution in [0.15, 0.2) is 0 Å². The number of rotatable bonds is 0. The van der Waals surface area contributed by atoms with Crippen LogP contribution in [0.2, 0.25) is 0 Å². The molecule has 0 saturated carbocycles. The van der Waals surface area contributed by atoms with Gasteiger partial charge in [-0.1, -0.05) is 0 Å². The monoisotopic (exact) mass is 667 g/mol. The van der Waals surface area contributed by atoms with E-state index < -0.39 is 0 Å². The van der Waals surface area contributed by atoms with Gasteiger partial charge < -0.3 is 0 Å². The van der Waals surface area contributed by atoms with Gasteiger partial charge >= 0.3 is 75.1 Å². The van der Waals surface area contributed by atoms with Crippen molar-refractivity contribution in [3.63, 3.8) is 0 Å². The zero-order chi connectivity index (χ0) is 2.71. The first-order chi connectivity index (χ1) is 1.41. The average molecular weight is 668 g/mol. The predicted molar refractivity (Wildman–Crippen MR) is 37.4 cm³/mol. The van der Waals surface area contributed by atoms with Crippen LogP contribution < -0.4 is 0 Å². The molecule has 7 heavy (non-hydrogen) atoms. The first-order valence-corrected chi connectivity index (χ1v) is 1.60. The van der Waals surface area contributed by atoms with Crippen molar-refractivity contribution in [3.05, 3.63) is 0 Å². The molecule has 0 heterocycles. The second-order valence-electron chi connectivity index (χ2n) is 0.0583. The van der Waals surface area contributed by atoms with Crippen molar-refractivity contribution in [2.24, 2.45) is 0 Å². The van der Waals surface area contributed by atoms with Crippen molar-refractivity contribution in [1.29, 1.82) is 0 Å². The maximum atomic E-state index is 3.88. The first-order valence-electron chi connectivity index (χ1n) is 0.309. The van der Waals surface area contributed by atoms with Crippen LogP contribution in [0.25, 0.3) is 0 Å². The zero-order valence-electron chi connectivity index (χ0n) is 2.82. The summed E-state index contributed by atoms with van der Waals surface area (Å²) in [6, 6.07) is 0. The standard InChI is InChI=1S/Ba.Bi.Br2O.Nb.Ti.5H/c;;1-3-2;;;;;;;. The van der Waals surface area contributed by atoms with E-state index in [0.717, 1.165) is 0 Å². The normalized spacial score (nSPS) is 2.57. The van der Waals surface area contributed by atoms with Gasteiger partial charge in [-0.05, 0) is 0 Å². The molecule has 41 valence electrons. The van der Waals surface area contributed by atoms with Gasteiger partial charge in [0, 0.05) is 44.1 Å². The van der Waals surface area contributed by atoms with E-state index in [2.05, 4.69) is 35.4 Å². The zero-order valence-corrected chi connectivity index (χ0v) is 15.2. The second-order valence-corrected chi connectivity index (χ2v) is 1.57. The third-order valence-corrected chi connectivity index (χ3v) is 0. The molecule has 0 bridgehead atoms. The molecule has 0 fully saturated rings. The molecule has 0 rings (SSSR count). The van der Waals surface area contributed by atoms with E-state index in [-0.39, 0.29) is 119 Å². The van der Waals surface area contributed by atoms with Crippen LogP contribution in [0.4, 0.5) is 0 Å². The minimum Gasteiger partial charge on any atom is 0 e. The molecule has 0 aromatic rings. The van der Waals surface area contributed by atoms with Gasteiger partial charge in [0.1, 0.15) is 32.5 Å². The van der Waals surface area contributed by atoms with Crippen molar-refractivity contribution < 1.29 is 47.0 Å². The van der Waals surface area contributed by atoms with Crippen LogP contribution in [0.5, 0.6) is 0 Å². The van der Waals surface area contributed by atoms with E-state index >= 15 is 0 Å². The summed E-state index contributed by atoms with van der Waals surface area (Å²) in [7, 11) is 0. The summed E-state index contributed by atoms with van der Waals surface area (Å²) in [6.07, 6.45) is 0. The van der Waals surface area contributed by atoms with E-state index in [9.17, 15) is 0 Å². The molecule has 0 aliphatic rings. The molecule has 0 unspecified atom stereocenters. The van der Waals surface area contributed by atoms with Gasteiger partial charge in [-0.15, -0.1) is 0 Å². The van der Waals surface area contributed by atoms with E-state index in [1.807, 2.05) is 0 Å². The van der Waals surface area contributed by atoms with Crippen LogP contribution in [0.1, 0.15) is 0 Å². The minimum atomic E-state index is 0. The third kappa shape index (κ3) is 36.2. The van der Waals surface area contributed by atoms with Gasteiger partial charge in [0.15, 0.2) is 0 Å².